The van der Waals surface area contributed by atoms with Crippen molar-refractivity contribution in [2.45, 2.75) is 13.1 Å². The number of halogens is 3. The van der Waals surface area contributed by atoms with Crippen LogP contribution in [0.4, 0.5) is 18.9 Å². The van der Waals surface area contributed by atoms with E-state index in [1.807, 2.05) is 0 Å². The highest BCUT2D eigenvalue weighted by molar-refractivity contribution is 7.92. The zero-order valence-corrected chi connectivity index (χ0v) is 15.9. The van der Waals surface area contributed by atoms with Crippen molar-refractivity contribution in [1.29, 1.82) is 0 Å². The molecule has 2 aromatic carbocycles. The first-order valence-corrected chi connectivity index (χ1v) is 9.86. The number of sulfonamides is 1. The molecule has 0 spiro atoms. The van der Waals surface area contributed by atoms with Crippen LogP contribution < -0.4 is 9.73 Å². The molecule has 150 valence electrons. The monoisotopic (exact) mass is 413 g/mol. The summed E-state index contributed by atoms with van der Waals surface area (Å²) in [5.74, 6) is -0.798. The Bertz CT molecular complexity index is 989. The fourth-order valence-corrected chi connectivity index (χ4v) is 3.24. The van der Waals surface area contributed by atoms with Gasteiger partial charge in [0.25, 0.3) is 5.91 Å². The van der Waals surface area contributed by atoms with Crippen LogP contribution >= 0.6 is 0 Å². The summed E-state index contributed by atoms with van der Waals surface area (Å²) in [6.45, 7) is 1.20. The Morgan fingerprint density at radius 1 is 1.18 bits per heavy atom. The van der Waals surface area contributed by atoms with E-state index < -0.39 is 34.2 Å². The highest BCUT2D eigenvalue weighted by atomic mass is 32.2. The minimum absolute atomic E-state index is 0.228. The van der Waals surface area contributed by atoms with Crippen LogP contribution in [0, 0.1) is 6.92 Å². The van der Waals surface area contributed by atoms with Crippen molar-refractivity contribution < 1.29 is 26.4 Å². The van der Waals surface area contributed by atoms with Gasteiger partial charge in [-0.15, -0.1) is 0 Å². The van der Waals surface area contributed by atoms with Crippen LogP contribution in [0.15, 0.2) is 53.6 Å². The van der Waals surface area contributed by atoms with E-state index >= 15 is 0 Å². The fourth-order valence-electron chi connectivity index (χ4n) is 2.39. The van der Waals surface area contributed by atoms with E-state index in [-0.39, 0.29) is 5.56 Å². The maximum absolute atomic E-state index is 12.9. The van der Waals surface area contributed by atoms with Gasteiger partial charge < -0.3 is 0 Å². The van der Waals surface area contributed by atoms with Crippen molar-refractivity contribution in [3.05, 3.63) is 65.2 Å². The standard InChI is InChI=1S/C18H18F3N3O3S/c1-13-6-5-8-15(10-13)24(28(2,26)27)12-17(25)23-22-11-14-7-3-4-9-16(14)18(19,20)21/h3-11H,12H2,1-2H3,(H,23,25)/b22-11-. The van der Waals surface area contributed by atoms with Crippen molar-refractivity contribution in [1.82, 2.24) is 5.43 Å². The molecule has 1 amide bonds. The average Bonchev–Trinajstić information content (AvgIpc) is 2.58. The molecule has 2 aromatic rings. The van der Waals surface area contributed by atoms with E-state index in [0.29, 0.717) is 5.69 Å². The average molecular weight is 413 g/mol. The third kappa shape index (κ3) is 5.81. The molecule has 6 nitrogen and oxygen atoms in total. The number of nitrogens with one attached hydrogen (secondary N) is 1. The largest absolute Gasteiger partial charge is 0.417 e. The predicted octanol–water partition coefficient (Wildman–Crippen LogP) is 2.93. The van der Waals surface area contributed by atoms with Gasteiger partial charge in [0, 0.05) is 5.56 Å². The Balaban J connectivity index is 2.14. The number of aryl methyl sites for hydroxylation is 1. The Hall–Kier alpha value is -2.88. The van der Waals surface area contributed by atoms with E-state index in [9.17, 15) is 26.4 Å². The SMILES string of the molecule is Cc1cccc(N(CC(=O)N/N=C\c2ccccc2C(F)(F)F)S(C)(=O)=O)c1. The minimum atomic E-state index is -4.56. The summed E-state index contributed by atoms with van der Waals surface area (Å²) >= 11 is 0. The number of alkyl halides is 3. The molecule has 0 aliphatic rings. The summed E-state index contributed by atoms with van der Waals surface area (Å²) in [6.07, 6.45) is -2.76. The van der Waals surface area contributed by atoms with Crippen molar-refractivity contribution in [2.75, 3.05) is 17.1 Å². The first-order valence-electron chi connectivity index (χ1n) is 8.01. The van der Waals surface area contributed by atoms with E-state index in [1.165, 1.54) is 24.3 Å². The maximum Gasteiger partial charge on any atom is 0.417 e. The molecule has 28 heavy (non-hydrogen) atoms. The highest BCUT2D eigenvalue weighted by Crippen LogP contribution is 2.31. The molecule has 0 aliphatic heterocycles. The van der Waals surface area contributed by atoms with Gasteiger partial charge >= 0.3 is 6.18 Å². The number of hydrogen-bond donors (Lipinski definition) is 1. The second-order valence-corrected chi connectivity index (χ2v) is 7.89. The van der Waals surface area contributed by atoms with Gasteiger partial charge in [0.05, 0.1) is 23.7 Å². The number of hydrogen-bond acceptors (Lipinski definition) is 4. The zero-order valence-electron chi connectivity index (χ0n) is 15.1. The van der Waals surface area contributed by atoms with Gasteiger partial charge in [-0.1, -0.05) is 30.3 Å². The van der Waals surface area contributed by atoms with E-state index in [4.69, 9.17) is 0 Å². The van der Waals surface area contributed by atoms with Crippen molar-refractivity contribution in [3.63, 3.8) is 0 Å². The summed E-state index contributed by atoms with van der Waals surface area (Å²) < 4.78 is 63.7. The number of rotatable bonds is 6. The topological polar surface area (TPSA) is 78.8 Å². The van der Waals surface area contributed by atoms with Gasteiger partial charge in [0.15, 0.2) is 0 Å². The highest BCUT2D eigenvalue weighted by Gasteiger charge is 2.32. The number of hydrazone groups is 1. The Labute approximate surface area is 160 Å². The Morgan fingerprint density at radius 3 is 2.46 bits per heavy atom. The van der Waals surface area contributed by atoms with Gasteiger partial charge in [-0.05, 0) is 30.7 Å². The summed E-state index contributed by atoms with van der Waals surface area (Å²) in [5.41, 5.74) is 2.02. The Kier molecular flexibility index (Phi) is 6.45. The molecule has 0 bridgehead atoms. The molecule has 0 aromatic heterocycles. The van der Waals surface area contributed by atoms with E-state index in [2.05, 4.69) is 10.5 Å². The third-order valence-corrected chi connectivity index (χ3v) is 4.78. The van der Waals surface area contributed by atoms with E-state index in [0.717, 1.165) is 28.4 Å². The molecule has 0 saturated heterocycles. The van der Waals surface area contributed by atoms with Crippen LogP contribution in [0.25, 0.3) is 0 Å². The summed E-state index contributed by atoms with van der Waals surface area (Å²) in [4.78, 5) is 12.1. The molecule has 0 radical (unpaired) electrons. The second kappa shape index (κ2) is 8.42. The molecule has 0 atom stereocenters. The number of amides is 1. The third-order valence-electron chi connectivity index (χ3n) is 3.64. The molecule has 0 heterocycles. The van der Waals surface area contributed by atoms with Gasteiger partial charge in [-0.2, -0.15) is 18.3 Å². The second-order valence-electron chi connectivity index (χ2n) is 5.99. The normalized spacial score (nSPS) is 12.2. The minimum Gasteiger partial charge on any atom is -0.271 e. The molecule has 0 saturated carbocycles. The smallest absolute Gasteiger partial charge is 0.271 e. The molecule has 1 N–H and O–H groups in total. The predicted molar refractivity (Wildman–Crippen MR) is 101 cm³/mol. The lowest BCUT2D eigenvalue weighted by molar-refractivity contribution is -0.137. The van der Waals surface area contributed by atoms with Crippen molar-refractivity contribution >= 4 is 27.8 Å². The number of anilines is 1. The molecular formula is C18H18F3N3O3S. The molecule has 2 rings (SSSR count). The van der Waals surface area contributed by atoms with E-state index in [1.54, 1.807) is 25.1 Å². The van der Waals surface area contributed by atoms with Gasteiger partial charge in [-0.3, -0.25) is 9.10 Å². The Morgan fingerprint density at radius 2 is 1.86 bits per heavy atom. The summed E-state index contributed by atoms with van der Waals surface area (Å²) in [7, 11) is -3.76. The summed E-state index contributed by atoms with van der Waals surface area (Å²) in [5, 5.41) is 3.52. The number of benzene rings is 2. The molecule has 0 fully saturated rings. The lowest BCUT2D eigenvalue weighted by atomic mass is 10.1. The summed E-state index contributed by atoms with van der Waals surface area (Å²) in [6, 6.07) is 11.3. The molecule has 0 aliphatic carbocycles. The lowest BCUT2D eigenvalue weighted by Gasteiger charge is -2.21. The first kappa shape index (κ1) is 21.4. The van der Waals surface area contributed by atoms with Gasteiger partial charge in [-0.25, -0.2) is 13.8 Å². The molecule has 10 heteroatoms. The quantitative estimate of drug-likeness (QED) is 0.584. The maximum atomic E-state index is 12.9. The number of nitrogens with zero attached hydrogens (tertiary/aromatic N) is 2. The first-order chi connectivity index (χ1) is 13.0. The van der Waals surface area contributed by atoms with Crippen LogP contribution in [0.2, 0.25) is 0 Å². The van der Waals surface area contributed by atoms with Crippen LogP contribution in [-0.4, -0.2) is 33.3 Å². The van der Waals surface area contributed by atoms with Gasteiger partial charge in [0.1, 0.15) is 6.54 Å². The molecular weight excluding hydrogens is 395 g/mol. The van der Waals surface area contributed by atoms with Crippen molar-refractivity contribution in [3.8, 4) is 0 Å². The van der Waals surface area contributed by atoms with Crippen LogP contribution in [0.3, 0.4) is 0 Å². The van der Waals surface area contributed by atoms with Crippen LogP contribution in [0.1, 0.15) is 16.7 Å². The lowest BCUT2D eigenvalue weighted by Crippen LogP contribution is -2.39. The fraction of sp³-hybridized carbons (Fsp3) is 0.222. The zero-order chi connectivity index (χ0) is 20.9. The van der Waals surface area contributed by atoms with Crippen LogP contribution in [-0.2, 0) is 21.0 Å². The number of carbonyl (C=O) groups excluding carboxylic acids is 1. The number of carbonyl (C=O) groups is 1. The van der Waals surface area contributed by atoms with Crippen molar-refractivity contribution in [2.24, 2.45) is 5.10 Å². The van der Waals surface area contributed by atoms with Crippen LogP contribution in [0.5, 0.6) is 0 Å². The van der Waals surface area contributed by atoms with Gasteiger partial charge in [0.2, 0.25) is 10.0 Å². The molecule has 0 unspecified atom stereocenters.